The SMILES string of the molecule is Cc1nc(CC(=O)NCc2cccs2)sc1C(=O)NCc1ccccc1. The van der Waals surface area contributed by atoms with Gasteiger partial charge in [-0.25, -0.2) is 4.98 Å². The highest BCUT2D eigenvalue weighted by Gasteiger charge is 2.16. The Morgan fingerprint density at radius 2 is 1.85 bits per heavy atom. The third-order valence-corrected chi connectivity index (χ3v) is 5.73. The molecule has 0 fully saturated rings. The van der Waals surface area contributed by atoms with Crippen molar-refractivity contribution >= 4 is 34.5 Å². The standard InChI is InChI=1S/C19H19N3O2S2/c1-13-18(19(24)21-11-14-6-3-2-4-7-14)26-17(22-13)10-16(23)20-12-15-8-5-9-25-15/h2-9H,10-12H2,1H3,(H,20,23)(H,21,24). The largest absolute Gasteiger partial charge is 0.351 e. The molecule has 7 heteroatoms. The number of nitrogens with one attached hydrogen (secondary N) is 2. The van der Waals surface area contributed by atoms with Crippen LogP contribution < -0.4 is 10.6 Å². The molecule has 0 bridgehead atoms. The van der Waals surface area contributed by atoms with Crippen LogP contribution in [0.2, 0.25) is 0 Å². The number of aryl methyl sites for hydroxylation is 1. The number of aromatic nitrogens is 1. The van der Waals surface area contributed by atoms with Crippen LogP contribution >= 0.6 is 22.7 Å². The van der Waals surface area contributed by atoms with E-state index in [0.29, 0.717) is 28.7 Å². The lowest BCUT2D eigenvalue weighted by Crippen LogP contribution is -2.24. The number of nitrogens with zero attached hydrogens (tertiary/aromatic N) is 1. The monoisotopic (exact) mass is 385 g/mol. The average Bonchev–Trinajstić information content (AvgIpc) is 3.28. The first kappa shape index (κ1) is 18.3. The van der Waals surface area contributed by atoms with Crippen LogP contribution in [0.5, 0.6) is 0 Å². The van der Waals surface area contributed by atoms with Crippen molar-refractivity contribution in [3.8, 4) is 0 Å². The quantitative estimate of drug-likeness (QED) is 0.655. The van der Waals surface area contributed by atoms with E-state index in [1.165, 1.54) is 11.3 Å². The number of carbonyl (C=O) groups excluding carboxylic acids is 2. The first-order chi connectivity index (χ1) is 12.6. The molecule has 0 aliphatic heterocycles. The van der Waals surface area contributed by atoms with Crippen molar-refractivity contribution in [1.82, 2.24) is 15.6 Å². The maximum absolute atomic E-state index is 12.4. The number of rotatable bonds is 7. The molecule has 0 atom stereocenters. The Bertz CT molecular complexity index is 874. The van der Waals surface area contributed by atoms with Gasteiger partial charge in [0.1, 0.15) is 9.88 Å². The Morgan fingerprint density at radius 1 is 1.04 bits per heavy atom. The molecule has 0 saturated heterocycles. The highest BCUT2D eigenvalue weighted by molar-refractivity contribution is 7.13. The van der Waals surface area contributed by atoms with Crippen molar-refractivity contribution in [2.75, 3.05) is 0 Å². The Labute approximate surface area is 160 Å². The zero-order chi connectivity index (χ0) is 18.4. The molecule has 3 aromatic rings. The van der Waals surface area contributed by atoms with Gasteiger partial charge < -0.3 is 10.6 Å². The smallest absolute Gasteiger partial charge is 0.263 e. The average molecular weight is 386 g/mol. The molecule has 0 aliphatic carbocycles. The zero-order valence-corrected chi connectivity index (χ0v) is 16.0. The first-order valence-corrected chi connectivity index (χ1v) is 9.89. The maximum atomic E-state index is 12.4. The summed E-state index contributed by atoms with van der Waals surface area (Å²) >= 11 is 2.88. The van der Waals surface area contributed by atoms with E-state index in [9.17, 15) is 9.59 Å². The molecule has 2 amide bonds. The number of amides is 2. The van der Waals surface area contributed by atoms with Gasteiger partial charge in [-0.15, -0.1) is 22.7 Å². The van der Waals surface area contributed by atoms with E-state index in [1.54, 1.807) is 18.3 Å². The Morgan fingerprint density at radius 3 is 2.58 bits per heavy atom. The molecule has 0 saturated carbocycles. The number of thiophene rings is 1. The normalized spacial score (nSPS) is 10.5. The second-order valence-electron chi connectivity index (χ2n) is 5.72. The summed E-state index contributed by atoms with van der Waals surface area (Å²) in [7, 11) is 0. The van der Waals surface area contributed by atoms with E-state index in [4.69, 9.17) is 0 Å². The van der Waals surface area contributed by atoms with Gasteiger partial charge in [0, 0.05) is 11.4 Å². The van der Waals surface area contributed by atoms with E-state index in [-0.39, 0.29) is 18.2 Å². The predicted octanol–water partition coefficient (Wildman–Crippen LogP) is 3.30. The van der Waals surface area contributed by atoms with E-state index in [0.717, 1.165) is 10.4 Å². The van der Waals surface area contributed by atoms with E-state index in [2.05, 4.69) is 15.6 Å². The van der Waals surface area contributed by atoms with Gasteiger partial charge in [-0.05, 0) is 23.9 Å². The van der Waals surface area contributed by atoms with Gasteiger partial charge in [0.05, 0.1) is 18.7 Å². The second kappa shape index (κ2) is 8.73. The predicted molar refractivity (Wildman–Crippen MR) is 104 cm³/mol. The van der Waals surface area contributed by atoms with Crippen LogP contribution in [0.25, 0.3) is 0 Å². The summed E-state index contributed by atoms with van der Waals surface area (Å²) in [4.78, 5) is 30.5. The Balaban J connectivity index is 1.54. The number of benzene rings is 1. The minimum absolute atomic E-state index is 0.0941. The van der Waals surface area contributed by atoms with Crippen molar-refractivity contribution in [1.29, 1.82) is 0 Å². The summed E-state index contributed by atoms with van der Waals surface area (Å²) in [6.45, 7) is 2.78. The Hall–Kier alpha value is -2.51. The molecule has 0 aliphatic rings. The molecule has 26 heavy (non-hydrogen) atoms. The fourth-order valence-corrected chi connectivity index (χ4v) is 4.02. The minimum Gasteiger partial charge on any atom is -0.351 e. The van der Waals surface area contributed by atoms with Gasteiger partial charge in [0.15, 0.2) is 0 Å². The van der Waals surface area contributed by atoms with Crippen LogP contribution in [0.1, 0.15) is 30.8 Å². The topological polar surface area (TPSA) is 71.1 Å². The van der Waals surface area contributed by atoms with Crippen molar-refractivity contribution in [2.45, 2.75) is 26.4 Å². The van der Waals surface area contributed by atoms with Gasteiger partial charge in [0.2, 0.25) is 5.91 Å². The summed E-state index contributed by atoms with van der Waals surface area (Å²) in [6, 6.07) is 13.7. The third kappa shape index (κ3) is 5.00. The van der Waals surface area contributed by atoms with Crippen molar-refractivity contribution in [2.24, 2.45) is 0 Å². The number of hydrogen-bond donors (Lipinski definition) is 2. The summed E-state index contributed by atoms with van der Waals surface area (Å²) in [6.07, 6.45) is 0.183. The van der Waals surface area contributed by atoms with Crippen molar-refractivity contribution in [3.05, 3.63) is 73.9 Å². The van der Waals surface area contributed by atoms with Crippen LogP contribution in [-0.2, 0) is 24.3 Å². The molecule has 0 radical (unpaired) electrons. The van der Waals surface area contributed by atoms with Gasteiger partial charge in [-0.3, -0.25) is 9.59 Å². The molecule has 1 aromatic carbocycles. The highest BCUT2D eigenvalue weighted by Crippen LogP contribution is 2.19. The molecular weight excluding hydrogens is 366 g/mol. The number of carbonyl (C=O) groups is 2. The van der Waals surface area contributed by atoms with E-state index in [1.807, 2.05) is 47.8 Å². The zero-order valence-electron chi connectivity index (χ0n) is 14.3. The summed E-state index contributed by atoms with van der Waals surface area (Å²) in [5.74, 6) is -0.252. The van der Waals surface area contributed by atoms with Crippen LogP contribution in [0, 0.1) is 6.92 Å². The molecule has 0 spiro atoms. The van der Waals surface area contributed by atoms with E-state index >= 15 is 0 Å². The van der Waals surface area contributed by atoms with Crippen LogP contribution in [0.4, 0.5) is 0 Å². The van der Waals surface area contributed by atoms with Crippen LogP contribution in [0.3, 0.4) is 0 Å². The molecule has 5 nitrogen and oxygen atoms in total. The van der Waals surface area contributed by atoms with Gasteiger partial charge in [-0.1, -0.05) is 36.4 Å². The lowest BCUT2D eigenvalue weighted by Gasteiger charge is -2.03. The van der Waals surface area contributed by atoms with Gasteiger partial charge in [-0.2, -0.15) is 0 Å². The van der Waals surface area contributed by atoms with Gasteiger partial charge in [0.25, 0.3) is 5.91 Å². The molecule has 2 N–H and O–H groups in total. The van der Waals surface area contributed by atoms with E-state index < -0.39 is 0 Å². The first-order valence-electron chi connectivity index (χ1n) is 8.19. The summed E-state index contributed by atoms with van der Waals surface area (Å²) < 4.78 is 0. The number of hydrogen-bond acceptors (Lipinski definition) is 5. The van der Waals surface area contributed by atoms with Gasteiger partial charge >= 0.3 is 0 Å². The molecule has 0 unspecified atom stereocenters. The minimum atomic E-state index is -0.158. The lowest BCUT2D eigenvalue weighted by atomic mass is 10.2. The summed E-state index contributed by atoms with van der Waals surface area (Å²) in [5.41, 5.74) is 1.69. The third-order valence-electron chi connectivity index (χ3n) is 3.69. The lowest BCUT2D eigenvalue weighted by molar-refractivity contribution is -0.120. The maximum Gasteiger partial charge on any atom is 0.263 e. The molecule has 134 valence electrons. The molecule has 2 aromatic heterocycles. The molecule has 3 rings (SSSR count). The fraction of sp³-hybridized carbons (Fsp3) is 0.211. The number of thiazole rings is 1. The summed E-state index contributed by atoms with van der Waals surface area (Å²) in [5, 5.41) is 8.40. The molecular formula is C19H19N3O2S2. The van der Waals surface area contributed by atoms with Crippen molar-refractivity contribution in [3.63, 3.8) is 0 Å². The highest BCUT2D eigenvalue weighted by atomic mass is 32.1. The Kier molecular flexibility index (Phi) is 6.14. The second-order valence-corrected chi connectivity index (χ2v) is 7.84. The van der Waals surface area contributed by atoms with Crippen LogP contribution in [0.15, 0.2) is 47.8 Å². The fourth-order valence-electron chi connectivity index (χ4n) is 2.40. The molecule has 2 heterocycles. The van der Waals surface area contributed by atoms with Crippen molar-refractivity contribution < 1.29 is 9.59 Å². The van der Waals surface area contributed by atoms with Crippen LogP contribution in [-0.4, -0.2) is 16.8 Å².